The number of nitrogens with zero attached hydrogens (tertiary/aromatic N) is 2. The number of benzene rings is 2. The normalized spacial score (nSPS) is 13.8. The topological polar surface area (TPSA) is 80.5 Å². The molecule has 0 radical (unpaired) electrons. The van der Waals surface area contributed by atoms with Gasteiger partial charge in [-0.3, -0.25) is 24.6 Å². The lowest BCUT2D eigenvalue weighted by atomic mass is 9.93. The number of alkyl halides is 1. The summed E-state index contributed by atoms with van der Waals surface area (Å²) in [4.78, 5) is 36.6. The summed E-state index contributed by atoms with van der Waals surface area (Å²) in [6.45, 7) is 0.194. The van der Waals surface area contributed by atoms with Crippen molar-refractivity contribution in [1.29, 1.82) is 0 Å². The van der Waals surface area contributed by atoms with Crippen LogP contribution in [0.4, 0.5) is 5.69 Å². The quantitative estimate of drug-likeness (QED) is 0.375. The molecule has 3 rings (SSSR count). The first-order chi connectivity index (χ1) is 10.5. The predicted molar refractivity (Wildman–Crippen MR) is 81.3 cm³/mol. The van der Waals surface area contributed by atoms with Gasteiger partial charge < -0.3 is 0 Å². The standard InChI is InChI=1S/C15H11ClN2O4/c16-5-2-6-17-14(19)11-4-1-3-9-7-10(18(21)22)8-12(13(9)11)15(17)20/h1,3-4,7-8H,2,5-6H2. The van der Waals surface area contributed by atoms with Gasteiger partial charge in [-0.1, -0.05) is 12.1 Å². The number of hydrogen-bond donors (Lipinski definition) is 0. The van der Waals surface area contributed by atoms with E-state index in [4.69, 9.17) is 11.6 Å². The average Bonchev–Trinajstić information content (AvgIpc) is 2.51. The Labute approximate surface area is 130 Å². The van der Waals surface area contributed by atoms with Crippen molar-refractivity contribution in [2.24, 2.45) is 0 Å². The zero-order chi connectivity index (χ0) is 15.9. The molecule has 0 atom stereocenters. The molecule has 0 saturated heterocycles. The van der Waals surface area contributed by atoms with Crippen LogP contribution in [-0.2, 0) is 0 Å². The van der Waals surface area contributed by atoms with Crippen molar-refractivity contribution in [1.82, 2.24) is 4.90 Å². The van der Waals surface area contributed by atoms with Gasteiger partial charge in [-0.25, -0.2) is 0 Å². The number of carbonyl (C=O) groups excluding carboxylic acids is 2. The number of hydrogen-bond acceptors (Lipinski definition) is 4. The maximum Gasteiger partial charge on any atom is 0.270 e. The molecule has 1 heterocycles. The highest BCUT2D eigenvalue weighted by molar-refractivity contribution is 6.25. The van der Waals surface area contributed by atoms with Gasteiger partial charge in [0.2, 0.25) is 0 Å². The molecule has 0 bridgehead atoms. The first kappa shape index (κ1) is 14.5. The van der Waals surface area contributed by atoms with Crippen molar-refractivity contribution < 1.29 is 14.5 Å². The van der Waals surface area contributed by atoms with E-state index in [1.165, 1.54) is 12.1 Å². The summed E-state index contributed by atoms with van der Waals surface area (Å²) in [6.07, 6.45) is 0.472. The molecule has 1 aliphatic heterocycles. The lowest BCUT2D eigenvalue weighted by Crippen LogP contribution is -2.41. The van der Waals surface area contributed by atoms with Crippen LogP contribution in [-0.4, -0.2) is 34.1 Å². The molecule has 0 N–H and O–H groups in total. The van der Waals surface area contributed by atoms with Crippen LogP contribution in [0.5, 0.6) is 0 Å². The fourth-order valence-corrected chi connectivity index (χ4v) is 2.79. The molecule has 2 aromatic carbocycles. The molecule has 0 unspecified atom stereocenters. The highest BCUT2D eigenvalue weighted by Crippen LogP contribution is 2.33. The van der Waals surface area contributed by atoms with E-state index in [1.807, 2.05) is 0 Å². The molecule has 6 nitrogen and oxygen atoms in total. The Hall–Kier alpha value is -2.47. The van der Waals surface area contributed by atoms with Crippen LogP contribution in [0.2, 0.25) is 0 Å². The number of carbonyl (C=O) groups is 2. The minimum absolute atomic E-state index is 0.167. The molecule has 2 aromatic rings. The second kappa shape index (κ2) is 5.38. The summed E-state index contributed by atoms with van der Waals surface area (Å²) in [5.41, 5.74) is 0.408. The smallest absolute Gasteiger partial charge is 0.270 e. The largest absolute Gasteiger partial charge is 0.274 e. The molecule has 7 heteroatoms. The molecular weight excluding hydrogens is 308 g/mol. The number of nitro groups is 1. The van der Waals surface area contributed by atoms with Crippen LogP contribution in [0.3, 0.4) is 0 Å². The van der Waals surface area contributed by atoms with Crippen LogP contribution in [0.1, 0.15) is 27.1 Å². The molecule has 0 saturated carbocycles. The van der Waals surface area contributed by atoms with Crippen molar-refractivity contribution in [3.63, 3.8) is 0 Å². The number of nitro benzene ring substituents is 1. The minimum Gasteiger partial charge on any atom is -0.274 e. The zero-order valence-electron chi connectivity index (χ0n) is 11.4. The fraction of sp³-hybridized carbons (Fsp3) is 0.200. The highest BCUT2D eigenvalue weighted by atomic mass is 35.5. The van der Waals surface area contributed by atoms with E-state index in [1.54, 1.807) is 18.2 Å². The van der Waals surface area contributed by atoms with Crippen molar-refractivity contribution in [2.45, 2.75) is 6.42 Å². The first-order valence-corrected chi connectivity index (χ1v) is 7.21. The molecule has 0 aliphatic carbocycles. The van der Waals surface area contributed by atoms with Gasteiger partial charge in [-0.2, -0.15) is 0 Å². The van der Waals surface area contributed by atoms with Crippen LogP contribution in [0, 0.1) is 10.1 Å². The van der Waals surface area contributed by atoms with E-state index in [0.29, 0.717) is 28.6 Å². The Morgan fingerprint density at radius 3 is 2.55 bits per heavy atom. The van der Waals surface area contributed by atoms with Crippen LogP contribution in [0.15, 0.2) is 30.3 Å². The zero-order valence-corrected chi connectivity index (χ0v) is 12.2. The number of amides is 2. The number of halogens is 1. The van der Waals surface area contributed by atoms with Gasteiger partial charge >= 0.3 is 0 Å². The van der Waals surface area contributed by atoms with Crippen LogP contribution in [0.25, 0.3) is 10.8 Å². The van der Waals surface area contributed by atoms with Gasteiger partial charge in [0.1, 0.15) is 0 Å². The van der Waals surface area contributed by atoms with Gasteiger partial charge in [0.15, 0.2) is 0 Å². The number of imide groups is 1. The first-order valence-electron chi connectivity index (χ1n) is 6.68. The molecule has 0 fully saturated rings. The van der Waals surface area contributed by atoms with E-state index in [9.17, 15) is 19.7 Å². The van der Waals surface area contributed by atoms with E-state index in [-0.39, 0.29) is 23.7 Å². The van der Waals surface area contributed by atoms with Crippen molar-refractivity contribution in [3.8, 4) is 0 Å². The summed E-state index contributed by atoms with van der Waals surface area (Å²) in [7, 11) is 0. The SMILES string of the molecule is O=C1c2cccc3cc([N+](=O)[O-])cc(c23)C(=O)N1CCCCl. The van der Waals surface area contributed by atoms with Crippen molar-refractivity contribution >= 4 is 39.9 Å². The van der Waals surface area contributed by atoms with Crippen molar-refractivity contribution in [2.75, 3.05) is 12.4 Å². The lowest BCUT2D eigenvalue weighted by Gasteiger charge is -2.26. The minimum atomic E-state index is -0.546. The third kappa shape index (κ3) is 2.12. The Morgan fingerprint density at radius 2 is 1.86 bits per heavy atom. The van der Waals surface area contributed by atoms with Gasteiger partial charge in [0.25, 0.3) is 17.5 Å². The van der Waals surface area contributed by atoms with Gasteiger partial charge in [-0.15, -0.1) is 11.6 Å². The molecule has 112 valence electrons. The summed E-state index contributed by atoms with van der Waals surface area (Å²) >= 11 is 5.63. The van der Waals surface area contributed by atoms with Gasteiger partial charge in [0.05, 0.1) is 10.5 Å². The monoisotopic (exact) mass is 318 g/mol. The Kier molecular flexibility index (Phi) is 3.54. The highest BCUT2D eigenvalue weighted by Gasteiger charge is 2.33. The summed E-state index contributed by atoms with van der Waals surface area (Å²) in [5, 5.41) is 12.0. The van der Waals surface area contributed by atoms with Crippen molar-refractivity contribution in [3.05, 3.63) is 51.6 Å². The second-order valence-electron chi connectivity index (χ2n) is 4.96. The van der Waals surface area contributed by atoms with E-state index in [0.717, 1.165) is 4.90 Å². The van der Waals surface area contributed by atoms with E-state index < -0.39 is 10.8 Å². The van der Waals surface area contributed by atoms with Crippen LogP contribution >= 0.6 is 11.6 Å². The Bertz CT molecular complexity index is 819. The Balaban J connectivity index is 2.25. The maximum absolute atomic E-state index is 12.5. The predicted octanol–water partition coefficient (Wildman–Crippen LogP) is 2.97. The molecule has 1 aliphatic rings. The average molecular weight is 319 g/mol. The second-order valence-corrected chi connectivity index (χ2v) is 5.34. The summed E-state index contributed by atoms with van der Waals surface area (Å²) < 4.78 is 0. The lowest BCUT2D eigenvalue weighted by molar-refractivity contribution is -0.384. The summed E-state index contributed by atoms with van der Waals surface area (Å²) in [5.74, 6) is -0.576. The van der Waals surface area contributed by atoms with Crippen LogP contribution < -0.4 is 0 Å². The molecule has 2 amide bonds. The molecule has 0 aromatic heterocycles. The molecular formula is C15H11ClN2O4. The van der Waals surface area contributed by atoms with Gasteiger partial charge in [0, 0.05) is 35.5 Å². The maximum atomic E-state index is 12.5. The molecule has 0 spiro atoms. The third-order valence-corrected chi connectivity index (χ3v) is 3.91. The van der Waals surface area contributed by atoms with E-state index in [2.05, 4.69) is 0 Å². The molecule has 22 heavy (non-hydrogen) atoms. The van der Waals surface area contributed by atoms with Gasteiger partial charge in [-0.05, 0) is 17.9 Å². The van der Waals surface area contributed by atoms with E-state index >= 15 is 0 Å². The number of non-ortho nitro benzene ring substituents is 1. The number of rotatable bonds is 4. The fourth-order valence-electron chi connectivity index (χ4n) is 2.67. The Morgan fingerprint density at radius 1 is 1.14 bits per heavy atom. The third-order valence-electron chi connectivity index (χ3n) is 3.64. The summed E-state index contributed by atoms with van der Waals surface area (Å²) in [6, 6.07) is 7.54.